The van der Waals surface area contributed by atoms with E-state index in [1.807, 2.05) is 19.1 Å². The lowest BCUT2D eigenvalue weighted by molar-refractivity contribution is -0.0784. The van der Waals surface area contributed by atoms with Gasteiger partial charge in [-0.2, -0.15) is 0 Å². The first kappa shape index (κ1) is 17.7. The number of ether oxygens (including phenoxy) is 2. The first-order valence-electron chi connectivity index (χ1n) is 9.40. The number of nitrogens with one attached hydrogen (secondary N) is 3. The number of cyclic esters (lactones) is 1. The van der Waals surface area contributed by atoms with Crippen molar-refractivity contribution in [2.24, 2.45) is 5.92 Å². The Hall–Kier alpha value is -1.70. The van der Waals surface area contributed by atoms with E-state index >= 15 is 0 Å². The fourth-order valence-electron chi connectivity index (χ4n) is 4.28. The molecular weight excluding hydrogens is 337 g/mol. The summed E-state index contributed by atoms with van der Waals surface area (Å²) in [5.74, 6) is 0.264. The third kappa shape index (κ3) is 3.70. The summed E-state index contributed by atoms with van der Waals surface area (Å²) in [6.45, 7) is 2.60. The molecule has 0 radical (unpaired) electrons. The molecule has 1 saturated carbocycles. The van der Waals surface area contributed by atoms with Gasteiger partial charge in [0.05, 0.1) is 18.2 Å². The van der Waals surface area contributed by atoms with Crippen LogP contribution in [0.15, 0.2) is 24.3 Å². The van der Waals surface area contributed by atoms with Gasteiger partial charge < -0.3 is 14.8 Å². The largest absolute Gasteiger partial charge is 0.445 e. The zero-order valence-corrected chi connectivity index (χ0v) is 14.9. The van der Waals surface area contributed by atoms with Gasteiger partial charge in [0, 0.05) is 12.6 Å². The summed E-state index contributed by atoms with van der Waals surface area (Å²) < 4.78 is 25.9. The zero-order valence-electron chi connectivity index (χ0n) is 14.9. The van der Waals surface area contributed by atoms with Crippen molar-refractivity contribution in [3.05, 3.63) is 35.4 Å². The van der Waals surface area contributed by atoms with Crippen LogP contribution >= 0.6 is 0 Å². The van der Waals surface area contributed by atoms with Gasteiger partial charge in [-0.15, -0.1) is 0 Å². The van der Waals surface area contributed by atoms with E-state index in [4.69, 9.17) is 9.47 Å². The van der Waals surface area contributed by atoms with Crippen LogP contribution in [0.4, 0.5) is 9.18 Å². The molecule has 2 fully saturated rings. The monoisotopic (exact) mass is 363 g/mol. The number of alkyl carbamates (subject to hydrolysis) is 1. The lowest BCUT2D eigenvalue weighted by atomic mass is 9.77. The quantitative estimate of drug-likeness (QED) is 0.660. The molecule has 3 aliphatic rings. The summed E-state index contributed by atoms with van der Waals surface area (Å²) in [5.41, 5.74) is 8.66. The Labute approximate surface area is 152 Å². The van der Waals surface area contributed by atoms with E-state index in [0.717, 1.165) is 11.1 Å². The lowest BCUT2D eigenvalue weighted by Crippen LogP contribution is -2.45. The van der Waals surface area contributed by atoms with Gasteiger partial charge >= 0.3 is 6.09 Å². The van der Waals surface area contributed by atoms with Gasteiger partial charge in [-0.1, -0.05) is 24.3 Å². The van der Waals surface area contributed by atoms with Crippen molar-refractivity contribution < 1.29 is 18.7 Å². The molecular formula is C19H26FN3O3. The number of fused-ring (bicyclic) bond motifs is 4. The second-order valence-corrected chi connectivity index (χ2v) is 7.55. The lowest BCUT2D eigenvalue weighted by Gasteiger charge is -2.37. The summed E-state index contributed by atoms with van der Waals surface area (Å²) >= 11 is 0. The minimum atomic E-state index is -0.980. The maximum absolute atomic E-state index is 14.6. The molecule has 0 aromatic heterocycles. The third-order valence-corrected chi connectivity index (χ3v) is 5.66. The van der Waals surface area contributed by atoms with Crippen LogP contribution in [0.25, 0.3) is 0 Å². The Morgan fingerprint density at radius 3 is 3.00 bits per heavy atom. The molecule has 142 valence electrons. The van der Waals surface area contributed by atoms with Crippen molar-refractivity contribution in [3.8, 4) is 0 Å². The molecule has 26 heavy (non-hydrogen) atoms. The molecule has 6 atom stereocenters. The van der Waals surface area contributed by atoms with E-state index in [1.54, 1.807) is 0 Å². The zero-order chi connectivity index (χ0) is 18.1. The molecule has 1 aromatic carbocycles. The van der Waals surface area contributed by atoms with Gasteiger partial charge in [-0.25, -0.2) is 14.6 Å². The number of rotatable bonds is 0. The molecule has 1 amide bonds. The predicted octanol–water partition coefficient (Wildman–Crippen LogP) is 2.36. The minimum absolute atomic E-state index is 0.0906. The second-order valence-electron chi connectivity index (χ2n) is 7.55. The summed E-state index contributed by atoms with van der Waals surface area (Å²) in [4.78, 5) is 11.8. The predicted molar refractivity (Wildman–Crippen MR) is 94.0 cm³/mol. The Bertz CT molecular complexity index is 659. The third-order valence-electron chi connectivity index (χ3n) is 5.66. The summed E-state index contributed by atoms with van der Waals surface area (Å²) in [5, 5.41) is 2.73. The first-order valence-corrected chi connectivity index (χ1v) is 9.40. The highest BCUT2D eigenvalue weighted by atomic mass is 19.1. The highest BCUT2D eigenvalue weighted by Crippen LogP contribution is 2.40. The molecule has 2 aliphatic heterocycles. The van der Waals surface area contributed by atoms with Gasteiger partial charge in [0.1, 0.15) is 12.8 Å². The van der Waals surface area contributed by atoms with Crippen LogP contribution in [0.5, 0.6) is 0 Å². The Kier molecular flexibility index (Phi) is 5.11. The molecule has 4 rings (SSSR count). The average Bonchev–Trinajstić information content (AvgIpc) is 3.02. The van der Waals surface area contributed by atoms with Crippen molar-refractivity contribution in [2.45, 2.75) is 63.3 Å². The topological polar surface area (TPSA) is 71.6 Å². The number of amides is 1. The van der Waals surface area contributed by atoms with E-state index in [0.29, 0.717) is 25.8 Å². The molecule has 3 N–H and O–H groups in total. The summed E-state index contributed by atoms with van der Waals surface area (Å²) in [6, 6.07) is 8.21. The van der Waals surface area contributed by atoms with Gasteiger partial charge in [0.2, 0.25) is 0 Å². The maximum Gasteiger partial charge on any atom is 0.407 e. The number of hydrogen-bond acceptors (Lipinski definition) is 5. The number of halogens is 1. The highest BCUT2D eigenvalue weighted by molar-refractivity contribution is 5.67. The standard InChI is InChI=1S/C19H26FN3O3/c1-11-5-6-21-19(24)25-10-12-3-2-4-13(7-12)18-14-8-17(26-11)15(20)9-16(14)22-23-18/h2-4,7,11,14-18,22-23H,5-6,8-10H2,1H3,(H,21,24)/t11-,14?,15?,16?,17?,18?/m1/s1. The molecule has 1 aliphatic carbocycles. The Morgan fingerprint density at radius 2 is 2.12 bits per heavy atom. The first-order chi connectivity index (χ1) is 12.6. The summed E-state index contributed by atoms with van der Waals surface area (Å²) in [7, 11) is 0. The number of carbonyl (C=O) groups excluding carboxylic acids is 1. The molecule has 0 spiro atoms. The fourth-order valence-corrected chi connectivity index (χ4v) is 4.28. The van der Waals surface area contributed by atoms with Crippen LogP contribution in [-0.4, -0.2) is 37.1 Å². The Balaban J connectivity index is 1.60. The van der Waals surface area contributed by atoms with E-state index in [1.165, 1.54) is 0 Å². The van der Waals surface area contributed by atoms with Crippen molar-refractivity contribution in [1.82, 2.24) is 16.2 Å². The van der Waals surface area contributed by atoms with E-state index in [9.17, 15) is 9.18 Å². The van der Waals surface area contributed by atoms with Crippen molar-refractivity contribution in [3.63, 3.8) is 0 Å². The van der Waals surface area contributed by atoms with Crippen molar-refractivity contribution in [2.75, 3.05) is 6.54 Å². The molecule has 6 nitrogen and oxygen atoms in total. The molecule has 5 unspecified atom stereocenters. The molecule has 2 heterocycles. The van der Waals surface area contributed by atoms with Crippen LogP contribution in [0.3, 0.4) is 0 Å². The number of benzene rings is 1. The van der Waals surface area contributed by atoms with Crippen LogP contribution < -0.4 is 16.2 Å². The molecule has 1 aromatic rings. The molecule has 4 bridgehead atoms. The number of alkyl halides is 1. The maximum atomic E-state index is 14.6. The van der Waals surface area contributed by atoms with Gasteiger partial charge in [0.25, 0.3) is 0 Å². The van der Waals surface area contributed by atoms with Gasteiger partial charge in [0.15, 0.2) is 0 Å². The normalized spacial score (nSPS) is 37.8. The number of carbonyl (C=O) groups is 1. The average molecular weight is 363 g/mol. The van der Waals surface area contributed by atoms with Gasteiger partial charge in [-0.3, -0.25) is 5.43 Å². The Morgan fingerprint density at radius 1 is 1.23 bits per heavy atom. The van der Waals surface area contributed by atoms with E-state index in [-0.39, 0.29) is 30.7 Å². The van der Waals surface area contributed by atoms with Crippen LogP contribution in [-0.2, 0) is 16.1 Å². The highest BCUT2D eigenvalue weighted by Gasteiger charge is 2.46. The number of hydrazine groups is 1. The fraction of sp³-hybridized carbons (Fsp3) is 0.632. The molecule has 1 saturated heterocycles. The van der Waals surface area contributed by atoms with E-state index < -0.39 is 18.4 Å². The van der Waals surface area contributed by atoms with Crippen molar-refractivity contribution >= 4 is 6.09 Å². The SMILES string of the molecule is C[C@@H]1CCNC(=O)OCc2cccc(c2)C2NNC3CC(F)C(CC32)O1. The molecule has 7 heteroatoms. The second kappa shape index (κ2) is 7.50. The van der Waals surface area contributed by atoms with Crippen LogP contribution in [0, 0.1) is 5.92 Å². The van der Waals surface area contributed by atoms with Crippen LogP contribution in [0.1, 0.15) is 43.4 Å². The number of hydrogen-bond donors (Lipinski definition) is 3. The van der Waals surface area contributed by atoms with E-state index in [2.05, 4.69) is 28.3 Å². The van der Waals surface area contributed by atoms with Gasteiger partial charge in [-0.05, 0) is 43.2 Å². The minimum Gasteiger partial charge on any atom is -0.445 e. The van der Waals surface area contributed by atoms with Crippen molar-refractivity contribution in [1.29, 1.82) is 0 Å². The summed E-state index contributed by atoms with van der Waals surface area (Å²) in [6.07, 6.45) is -0.205. The smallest absolute Gasteiger partial charge is 0.407 e. The van der Waals surface area contributed by atoms with Crippen LogP contribution in [0.2, 0.25) is 0 Å².